The fourth-order valence-corrected chi connectivity index (χ4v) is 8.86. The number of carbonyl (C=O) groups excluding carboxylic acids is 3. The van der Waals surface area contributed by atoms with E-state index in [1.165, 1.54) is 26.9 Å². The molecule has 5 heteroatoms. The molecule has 0 saturated heterocycles. The first-order valence-corrected chi connectivity index (χ1v) is 12.9. The van der Waals surface area contributed by atoms with Crippen LogP contribution >= 0.6 is 0 Å². The number of hydrogen-bond acceptors (Lipinski definition) is 5. The molecule has 0 aromatic rings. The van der Waals surface area contributed by atoms with Gasteiger partial charge in [0.1, 0.15) is 11.9 Å². The van der Waals surface area contributed by atoms with Gasteiger partial charge in [0, 0.05) is 25.2 Å². The van der Waals surface area contributed by atoms with Crippen LogP contribution in [0.1, 0.15) is 91.9 Å². The van der Waals surface area contributed by atoms with Gasteiger partial charge in [0.2, 0.25) is 0 Å². The van der Waals surface area contributed by atoms with Crippen molar-refractivity contribution in [1.82, 2.24) is 0 Å². The maximum atomic E-state index is 13.8. The molecular weight excluding hydrogens is 404 g/mol. The third-order valence-corrected chi connectivity index (χ3v) is 10.6. The van der Waals surface area contributed by atoms with Crippen molar-refractivity contribution >= 4 is 17.7 Å². The molecule has 0 radical (unpaired) electrons. The summed E-state index contributed by atoms with van der Waals surface area (Å²) in [6, 6.07) is 0. The molecule has 4 saturated carbocycles. The van der Waals surface area contributed by atoms with Crippen molar-refractivity contribution in [1.29, 1.82) is 0 Å². The lowest BCUT2D eigenvalue weighted by atomic mass is 9.44. The quantitative estimate of drug-likeness (QED) is 0.533. The average molecular weight is 447 g/mol. The van der Waals surface area contributed by atoms with Crippen molar-refractivity contribution in [3.05, 3.63) is 0 Å². The average Bonchev–Trinajstić information content (AvgIpc) is 3.11. The molecule has 5 nitrogen and oxygen atoms in total. The standard InChI is InChI=1S/C27H42O5/c1-16(6-11-25(30)31-5)21-9-10-22-20-8-7-18-14-19(32-17(2)28)12-13-26(18,3)23(20)15-24(29)27(21,22)4/h16,18-23H,6-15H2,1-5H3/t16-,18?,19-,20?,21?,22?,23?,26?,27?/m1/s1. The highest BCUT2D eigenvalue weighted by Gasteiger charge is 2.64. The van der Waals surface area contributed by atoms with E-state index in [1.807, 2.05) is 0 Å². The topological polar surface area (TPSA) is 69.7 Å². The Morgan fingerprint density at radius 2 is 1.84 bits per heavy atom. The molecule has 0 aliphatic heterocycles. The number of rotatable bonds is 5. The van der Waals surface area contributed by atoms with Gasteiger partial charge < -0.3 is 9.47 Å². The number of Topliss-reactive ketones (excluding diaryl/α,β-unsaturated/α-hetero) is 1. The number of ketones is 1. The van der Waals surface area contributed by atoms with E-state index in [0.717, 1.165) is 38.5 Å². The maximum absolute atomic E-state index is 13.8. The predicted molar refractivity (Wildman–Crippen MR) is 122 cm³/mol. The van der Waals surface area contributed by atoms with E-state index < -0.39 is 0 Å². The summed E-state index contributed by atoms with van der Waals surface area (Å²) in [4.78, 5) is 37.0. The minimum absolute atomic E-state index is 0.0539. The van der Waals surface area contributed by atoms with Crippen LogP contribution in [-0.2, 0) is 23.9 Å². The normalized spacial score (nSPS) is 44.1. The molecule has 9 atom stereocenters. The van der Waals surface area contributed by atoms with E-state index >= 15 is 0 Å². The lowest BCUT2D eigenvalue weighted by Gasteiger charge is -2.60. The largest absolute Gasteiger partial charge is 0.469 e. The van der Waals surface area contributed by atoms with Crippen molar-refractivity contribution in [2.75, 3.05) is 7.11 Å². The van der Waals surface area contributed by atoms with Crippen LogP contribution in [0.4, 0.5) is 0 Å². The van der Waals surface area contributed by atoms with Gasteiger partial charge in [0.25, 0.3) is 0 Å². The Morgan fingerprint density at radius 1 is 1.09 bits per heavy atom. The molecule has 0 heterocycles. The smallest absolute Gasteiger partial charge is 0.305 e. The Bertz CT molecular complexity index is 761. The van der Waals surface area contributed by atoms with E-state index in [1.54, 1.807) is 0 Å². The number of hydrogen-bond donors (Lipinski definition) is 0. The first kappa shape index (κ1) is 23.8. The molecular formula is C27H42O5. The van der Waals surface area contributed by atoms with Gasteiger partial charge in [-0.2, -0.15) is 0 Å². The van der Waals surface area contributed by atoms with Crippen LogP contribution in [0.2, 0.25) is 0 Å². The van der Waals surface area contributed by atoms with Gasteiger partial charge in [0.15, 0.2) is 0 Å². The minimum Gasteiger partial charge on any atom is -0.469 e. The summed E-state index contributed by atoms with van der Waals surface area (Å²) in [6.07, 6.45) is 9.61. The number of carbonyl (C=O) groups is 3. The van der Waals surface area contributed by atoms with Crippen molar-refractivity contribution < 1.29 is 23.9 Å². The first-order chi connectivity index (χ1) is 15.1. The zero-order chi connectivity index (χ0) is 23.3. The third kappa shape index (κ3) is 3.81. The monoisotopic (exact) mass is 446 g/mol. The zero-order valence-electron chi connectivity index (χ0n) is 20.7. The molecule has 7 unspecified atom stereocenters. The second kappa shape index (κ2) is 8.76. The first-order valence-electron chi connectivity index (χ1n) is 12.9. The highest BCUT2D eigenvalue weighted by molar-refractivity contribution is 5.87. The molecule has 0 aromatic carbocycles. The maximum Gasteiger partial charge on any atom is 0.305 e. The van der Waals surface area contributed by atoms with Crippen LogP contribution < -0.4 is 0 Å². The van der Waals surface area contributed by atoms with Gasteiger partial charge in [-0.1, -0.05) is 20.8 Å². The van der Waals surface area contributed by atoms with Crippen molar-refractivity contribution in [3.63, 3.8) is 0 Å². The Kier molecular flexibility index (Phi) is 6.50. The molecule has 0 aromatic heterocycles. The van der Waals surface area contributed by atoms with E-state index in [4.69, 9.17) is 9.47 Å². The summed E-state index contributed by atoms with van der Waals surface area (Å²) < 4.78 is 10.4. The van der Waals surface area contributed by atoms with E-state index in [2.05, 4.69) is 20.8 Å². The Balaban J connectivity index is 1.50. The van der Waals surface area contributed by atoms with Crippen LogP contribution in [0.25, 0.3) is 0 Å². The van der Waals surface area contributed by atoms with Crippen molar-refractivity contribution in [2.24, 2.45) is 46.3 Å². The van der Waals surface area contributed by atoms with Crippen LogP contribution in [0.5, 0.6) is 0 Å². The van der Waals surface area contributed by atoms with Gasteiger partial charge in [-0.05, 0) is 92.3 Å². The summed E-state index contributed by atoms with van der Waals surface area (Å²) in [5, 5.41) is 0. The van der Waals surface area contributed by atoms with E-state index in [-0.39, 0.29) is 28.9 Å². The minimum atomic E-state index is -0.241. The highest BCUT2D eigenvalue weighted by atomic mass is 16.5. The second-order valence-corrected chi connectivity index (χ2v) is 11.8. The highest BCUT2D eigenvalue weighted by Crippen LogP contribution is 2.67. The van der Waals surface area contributed by atoms with Gasteiger partial charge in [-0.3, -0.25) is 14.4 Å². The lowest BCUT2D eigenvalue weighted by molar-refractivity contribution is -0.167. The molecule has 4 aliphatic carbocycles. The van der Waals surface area contributed by atoms with Crippen LogP contribution in [0.3, 0.4) is 0 Å². The Hall–Kier alpha value is -1.39. The number of fused-ring (bicyclic) bond motifs is 5. The van der Waals surface area contributed by atoms with Gasteiger partial charge in [0.05, 0.1) is 7.11 Å². The molecule has 180 valence electrons. The van der Waals surface area contributed by atoms with E-state index in [0.29, 0.717) is 54.1 Å². The summed E-state index contributed by atoms with van der Waals surface area (Å²) in [7, 11) is 1.45. The van der Waals surface area contributed by atoms with Gasteiger partial charge >= 0.3 is 11.9 Å². The van der Waals surface area contributed by atoms with Gasteiger partial charge in [-0.15, -0.1) is 0 Å². The molecule has 4 aliphatic rings. The molecule has 32 heavy (non-hydrogen) atoms. The fraction of sp³-hybridized carbons (Fsp3) is 0.889. The van der Waals surface area contributed by atoms with Crippen LogP contribution in [-0.4, -0.2) is 30.9 Å². The SMILES string of the molecule is COC(=O)CC[C@@H](C)C1CCC2C3CCC4C[C@H](OC(C)=O)CCC4(C)C3CC(=O)C21C. The zero-order valence-corrected chi connectivity index (χ0v) is 20.7. The van der Waals surface area contributed by atoms with Crippen molar-refractivity contribution in [3.8, 4) is 0 Å². The number of methoxy groups -OCH3 is 1. The molecule has 0 spiro atoms. The van der Waals surface area contributed by atoms with E-state index in [9.17, 15) is 14.4 Å². The summed E-state index contributed by atoms with van der Waals surface area (Å²) in [5.41, 5.74) is -0.0556. The van der Waals surface area contributed by atoms with Crippen molar-refractivity contribution in [2.45, 2.75) is 98.0 Å². The summed E-state index contributed by atoms with van der Waals surface area (Å²) in [6.45, 7) is 8.43. The molecule has 0 amide bonds. The lowest BCUT2D eigenvalue weighted by Crippen LogP contribution is -2.57. The molecule has 0 N–H and O–H groups in total. The molecule has 0 bridgehead atoms. The third-order valence-electron chi connectivity index (χ3n) is 10.6. The van der Waals surface area contributed by atoms with Crippen LogP contribution in [0.15, 0.2) is 0 Å². The number of esters is 2. The summed E-state index contributed by atoms with van der Waals surface area (Å²) in [5.74, 6) is 3.00. The fourth-order valence-electron chi connectivity index (χ4n) is 8.86. The number of ether oxygens (including phenoxy) is 2. The predicted octanol–water partition coefficient (Wildman–Crippen LogP) is 5.35. The van der Waals surface area contributed by atoms with Gasteiger partial charge in [-0.25, -0.2) is 0 Å². The molecule has 4 rings (SSSR count). The van der Waals surface area contributed by atoms with Crippen LogP contribution in [0, 0.1) is 46.3 Å². The molecule has 4 fully saturated rings. The second-order valence-electron chi connectivity index (χ2n) is 11.8. The Morgan fingerprint density at radius 3 is 2.53 bits per heavy atom. The summed E-state index contributed by atoms with van der Waals surface area (Å²) >= 11 is 0. The Labute approximate surface area is 193 Å².